The molecule has 0 bridgehead atoms. The van der Waals surface area contributed by atoms with E-state index in [1.54, 1.807) is 12.1 Å². The number of carbonyl (C=O) groups is 2. The standard InChI is InChI=1S/C32H28O5/c33-28(25-17-9-3-10-18-25)21-27(24-15-7-2-8-16-24)29(30(34)35-22-23-13-5-1-6-14-23)32-36-31(37-32)26-19-11-4-12-20-26/h1-20,27,29,31-32H,21-22H2/t27-,29?,31?,32?/m1/s1. The minimum atomic E-state index is -0.845. The molecule has 1 aliphatic rings. The lowest BCUT2D eigenvalue weighted by Crippen LogP contribution is -2.47. The molecule has 1 saturated heterocycles. The van der Waals surface area contributed by atoms with E-state index in [0.29, 0.717) is 5.56 Å². The molecule has 1 fully saturated rings. The Balaban J connectivity index is 1.42. The second-order valence-corrected chi connectivity index (χ2v) is 9.01. The molecule has 5 heteroatoms. The van der Waals surface area contributed by atoms with Crippen molar-refractivity contribution in [3.63, 3.8) is 0 Å². The zero-order chi connectivity index (χ0) is 25.5. The largest absolute Gasteiger partial charge is 0.460 e. The van der Waals surface area contributed by atoms with Gasteiger partial charge in [-0.3, -0.25) is 9.59 Å². The first kappa shape index (κ1) is 24.6. The number of ether oxygens (including phenoxy) is 3. The number of carbonyl (C=O) groups excluding carboxylic acids is 2. The van der Waals surface area contributed by atoms with Crippen molar-refractivity contribution in [3.05, 3.63) is 144 Å². The fourth-order valence-electron chi connectivity index (χ4n) is 4.57. The number of Topliss-reactive ketones (excluding diaryl/α,β-unsaturated/α-hetero) is 1. The molecule has 0 aromatic heterocycles. The summed E-state index contributed by atoms with van der Waals surface area (Å²) >= 11 is 0. The predicted molar refractivity (Wildman–Crippen MR) is 139 cm³/mol. The molecule has 0 spiro atoms. The Kier molecular flexibility index (Phi) is 7.84. The summed E-state index contributed by atoms with van der Waals surface area (Å²) in [6.07, 6.45) is -1.31. The van der Waals surface area contributed by atoms with Gasteiger partial charge in [0.05, 0.1) is 0 Å². The van der Waals surface area contributed by atoms with Crippen LogP contribution in [-0.4, -0.2) is 18.0 Å². The Morgan fingerprint density at radius 3 is 1.86 bits per heavy atom. The van der Waals surface area contributed by atoms with Crippen molar-refractivity contribution in [1.82, 2.24) is 0 Å². The van der Waals surface area contributed by atoms with Crippen molar-refractivity contribution in [2.45, 2.75) is 31.5 Å². The molecule has 0 radical (unpaired) electrons. The van der Waals surface area contributed by atoms with Gasteiger partial charge in [0.25, 0.3) is 0 Å². The van der Waals surface area contributed by atoms with E-state index in [4.69, 9.17) is 14.2 Å². The van der Waals surface area contributed by atoms with Gasteiger partial charge in [0, 0.05) is 23.5 Å². The van der Waals surface area contributed by atoms with E-state index >= 15 is 0 Å². The third-order valence-electron chi connectivity index (χ3n) is 6.54. The molecule has 0 amide bonds. The third kappa shape index (κ3) is 6.02. The van der Waals surface area contributed by atoms with E-state index in [0.717, 1.165) is 16.7 Å². The molecule has 1 heterocycles. The number of hydrogen-bond donors (Lipinski definition) is 0. The zero-order valence-corrected chi connectivity index (χ0v) is 20.3. The maximum atomic E-state index is 13.6. The van der Waals surface area contributed by atoms with Crippen LogP contribution in [0.3, 0.4) is 0 Å². The molecule has 2 atom stereocenters. The summed E-state index contributed by atoms with van der Waals surface area (Å²) in [5.74, 6) is -1.86. The van der Waals surface area contributed by atoms with Crippen LogP contribution in [0.4, 0.5) is 0 Å². The van der Waals surface area contributed by atoms with Crippen molar-refractivity contribution in [2.24, 2.45) is 5.92 Å². The Bertz CT molecular complexity index is 1290. The molecule has 4 aromatic carbocycles. The maximum absolute atomic E-state index is 13.6. The molecule has 4 aromatic rings. The van der Waals surface area contributed by atoms with Gasteiger partial charge in [-0.25, -0.2) is 0 Å². The second-order valence-electron chi connectivity index (χ2n) is 9.01. The van der Waals surface area contributed by atoms with Crippen molar-refractivity contribution < 1.29 is 23.8 Å². The average molecular weight is 493 g/mol. The van der Waals surface area contributed by atoms with Gasteiger partial charge in [-0.2, -0.15) is 0 Å². The van der Waals surface area contributed by atoms with Crippen LogP contribution in [-0.2, 0) is 25.6 Å². The van der Waals surface area contributed by atoms with Crippen molar-refractivity contribution >= 4 is 11.8 Å². The van der Waals surface area contributed by atoms with Crippen molar-refractivity contribution in [2.75, 3.05) is 0 Å². The Morgan fingerprint density at radius 2 is 1.24 bits per heavy atom. The van der Waals surface area contributed by atoms with Crippen molar-refractivity contribution in [3.8, 4) is 0 Å². The normalized spacial score (nSPS) is 18.3. The highest BCUT2D eigenvalue weighted by Gasteiger charge is 2.47. The van der Waals surface area contributed by atoms with Crippen LogP contribution < -0.4 is 0 Å². The monoisotopic (exact) mass is 492 g/mol. The van der Waals surface area contributed by atoms with Crippen molar-refractivity contribution in [1.29, 1.82) is 0 Å². The van der Waals surface area contributed by atoms with E-state index < -0.39 is 30.4 Å². The Hall–Kier alpha value is -4.06. The van der Waals surface area contributed by atoms with Gasteiger partial charge in [-0.05, 0) is 11.1 Å². The van der Waals surface area contributed by atoms with E-state index in [1.165, 1.54) is 0 Å². The first-order valence-corrected chi connectivity index (χ1v) is 12.4. The molecular weight excluding hydrogens is 464 g/mol. The highest BCUT2D eigenvalue weighted by molar-refractivity contribution is 5.97. The zero-order valence-electron chi connectivity index (χ0n) is 20.3. The average Bonchev–Trinajstić information content (AvgIpc) is 2.94. The summed E-state index contributed by atoms with van der Waals surface area (Å²) in [5.41, 5.74) is 3.19. The number of ketones is 1. The molecule has 0 saturated carbocycles. The molecule has 0 aliphatic carbocycles. The summed E-state index contributed by atoms with van der Waals surface area (Å²) in [6, 6.07) is 37.7. The second kappa shape index (κ2) is 11.8. The summed E-state index contributed by atoms with van der Waals surface area (Å²) < 4.78 is 18.0. The fraction of sp³-hybridized carbons (Fsp3) is 0.188. The minimum absolute atomic E-state index is 0.0609. The summed E-state index contributed by atoms with van der Waals surface area (Å²) in [4.78, 5) is 26.9. The van der Waals surface area contributed by atoms with Crippen LogP contribution in [0, 0.1) is 5.92 Å². The third-order valence-corrected chi connectivity index (χ3v) is 6.54. The molecule has 5 rings (SSSR count). The summed E-state index contributed by atoms with van der Waals surface area (Å²) in [6.45, 7) is 0.124. The van der Waals surface area contributed by atoms with E-state index in [1.807, 2.05) is 109 Å². The van der Waals surface area contributed by atoms with Gasteiger partial charge in [-0.15, -0.1) is 0 Å². The SMILES string of the molecule is O=C(C[C@H](c1ccccc1)C(C(=O)OCc1ccccc1)C1OC(c2ccccc2)O1)c1ccccc1. The Morgan fingerprint density at radius 1 is 0.703 bits per heavy atom. The lowest BCUT2D eigenvalue weighted by molar-refractivity contribution is -0.404. The highest BCUT2D eigenvalue weighted by Crippen LogP contribution is 2.43. The van der Waals surface area contributed by atoms with Crippen LogP contribution in [0.15, 0.2) is 121 Å². The number of esters is 1. The smallest absolute Gasteiger partial charge is 0.315 e. The predicted octanol–water partition coefficient (Wildman–Crippen LogP) is 6.47. The fourth-order valence-corrected chi connectivity index (χ4v) is 4.57. The van der Waals surface area contributed by atoms with E-state index in [-0.39, 0.29) is 18.8 Å². The van der Waals surface area contributed by atoms with Crippen LogP contribution >= 0.6 is 0 Å². The van der Waals surface area contributed by atoms with Crippen LogP contribution in [0.25, 0.3) is 0 Å². The van der Waals surface area contributed by atoms with Gasteiger partial charge >= 0.3 is 5.97 Å². The molecular formula is C32H28O5. The lowest BCUT2D eigenvalue weighted by atomic mass is 9.80. The van der Waals surface area contributed by atoms with Crippen LogP contribution in [0.1, 0.15) is 45.7 Å². The summed E-state index contributed by atoms with van der Waals surface area (Å²) in [7, 11) is 0. The Labute approximate surface area is 216 Å². The van der Waals surface area contributed by atoms with Gasteiger partial charge in [0.2, 0.25) is 0 Å². The quantitative estimate of drug-likeness (QED) is 0.187. The number of benzene rings is 4. The lowest BCUT2D eigenvalue weighted by Gasteiger charge is -2.42. The minimum Gasteiger partial charge on any atom is -0.460 e. The van der Waals surface area contributed by atoms with E-state index in [2.05, 4.69) is 0 Å². The topological polar surface area (TPSA) is 61.8 Å². The molecule has 37 heavy (non-hydrogen) atoms. The number of hydrogen-bond acceptors (Lipinski definition) is 5. The van der Waals surface area contributed by atoms with Crippen LogP contribution in [0.2, 0.25) is 0 Å². The van der Waals surface area contributed by atoms with Gasteiger partial charge in [0.1, 0.15) is 12.5 Å². The molecule has 1 unspecified atom stereocenters. The summed E-state index contributed by atoms with van der Waals surface area (Å²) in [5, 5.41) is 0. The van der Waals surface area contributed by atoms with Gasteiger partial charge in [0.15, 0.2) is 18.4 Å². The first-order valence-electron chi connectivity index (χ1n) is 12.4. The molecule has 5 nitrogen and oxygen atoms in total. The van der Waals surface area contributed by atoms with Gasteiger partial charge in [-0.1, -0.05) is 121 Å². The number of rotatable bonds is 10. The maximum Gasteiger partial charge on any atom is 0.315 e. The van der Waals surface area contributed by atoms with Crippen LogP contribution in [0.5, 0.6) is 0 Å². The highest BCUT2D eigenvalue weighted by atomic mass is 16.9. The first-order chi connectivity index (χ1) is 18.2. The molecule has 186 valence electrons. The van der Waals surface area contributed by atoms with E-state index in [9.17, 15) is 9.59 Å². The molecule has 0 N–H and O–H groups in total. The molecule has 1 aliphatic heterocycles. The van der Waals surface area contributed by atoms with Gasteiger partial charge < -0.3 is 14.2 Å².